The SMILES string of the molecule is C=CC(CO)CO[Si](C)(C)C(C)(C)C. The van der Waals surface area contributed by atoms with Gasteiger partial charge in [-0.1, -0.05) is 26.8 Å². The van der Waals surface area contributed by atoms with Crippen LogP contribution in [0.25, 0.3) is 0 Å². The quantitative estimate of drug-likeness (QED) is 0.565. The molecular weight excluding hydrogens is 192 g/mol. The number of hydrogen-bond donors (Lipinski definition) is 1. The van der Waals surface area contributed by atoms with Crippen molar-refractivity contribution in [3.05, 3.63) is 12.7 Å². The summed E-state index contributed by atoms with van der Waals surface area (Å²) in [6, 6.07) is 0. The molecule has 0 fully saturated rings. The average molecular weight is 216 g/mol. The molecule has 0 amide bonds. The van der Waals surface area contributed by atoms with Gasteiger partial charge in [-0.3, -0.25) is 0 Å². The zero-order valence-electron chi connectivity index (χ0n) is 10.1. The lowest BCUT2D eigenvalue weighted by Gasteiger charge is -2.36. The normalized spacial score (nSPS) is 15.3. The van der Waals surface area contributed by atoms with E-state index in [4.69, 9.17) is 9.53 Å². The molecule has 0 aliphatic carbocycles. The molecule has 0 aromatic carbocycles. The van der Waals surface area contributed by atoms with Gasteiger partial charge in [-0.15, -0.1) is 6.58 Å². The highest BCUT2D eigenvalue weighted by Gasteiger charge is 2.37. The fourth-order valence-electron chi connectivity index (χ4n) is 0.727. The van der Waals surface area contributed by atoms with Crippen molar-refractivity contribution in [3.8, 4) is 0 Å². The van der Waals surface area contributed by atoms with Gasteiger partial charge in [-0.25, -0.2) is 0 Å². The molecule has 1 atom stereocenters. The van der Waals surface area contributed by atoms with Crippen LogP contribution in [-0.2, 0) is 4.43 Å². The summed E-state index contributed by atoms with van der Waals surface area (Å²) < 4.78 is 5.95. The first-order valence-electron chi connectivity index (χ1n) is 5.12. The van der Waals surface area contributed by atoms with Crippen LogP contribution in [0.5, 0.6) is 0 Å². The summed E-state index contributed by atoms with van der Waals surface area (Å²) in [5.74, 6) is 0.0733. The molecule has 2 nitrogen and oxygen atoms in total. The molecule has 84 valence electrons. The van der Waals surface area contributed by atoms with E-state index in [1.54, 1.807) is 6.08 Å². The summed E-state index contributed by atoms with van der Waals surface area (Å²) in [7, 11) is -1.66. The molecule has 0 heterocycles. The standard InChI is InChI=1S/C11H24O2Si/c1-7-10(8-12)9-13-14(5,6)11(2,3)4/h7,10,12H,1,8-9H2,2-6H3. The molecule has 0 saturated carbocycles. The monoisotopic (exact) mass is 216 g/mol. The lowest BCUT2D eigenvalue weighted by molar-refractivity contribution is 0.181. The van der Waals surface area contributed by atoms with Gasteiger partial charge < -0.3 is 9.53 Å². The van der Waals surface area contributed by atoms with E-state index >= 15 is 0 Å². The molecule has 14 heavy (non-hydrogen) atoms. The Balaban J connectivity index is 4.18. The molecule has 0 aromatic heterocycles. The second-order valence-electron chi connectivity index (χ2n) is 5.25. The number of hydrogen-bond acceptors (Lipinski definition) is 2. The van der Waals surface area contributed by atoms with Crippen LogP contribution in [0.2, 0.25) is 18.1 Å². The first-order valence-corrected chi connectivity index (χ1v) is 8.03. The Kier molecular flexibility index (Phi) is 5.05. The molecule has 0 aliphatic rings. The van der Waals surface area contributed by atoms with Crippen LogP contribution in [0.3, 0.4) is 0 Å². The third-order valence-electron chi connectivity index (χ3n) is 3.03. The van der Waals surface area contributed by atoms with Crippen LogP contribution in [0.4, 0.5) is 0 Å². The van der Waals surface area contributed by atoms with Crippen molar-refractivity contribution in [1.82, 2.24) is 0 Å². The molecule has 0 spiro atoms. The van der Waals surface area contributed by atoms with Crippen LogP contribution in [0.1, 0.15) is 20.8 Å². The van der Waals surface area contributed by atoms with E-state index in [-0.39, 0.29) is 17.6 Å². The minimum atomic E-state index is -1.66. The van der Waals surface area contributed by atoms with Crippen molar-refractivity contribution >= 4 is 8.32 Å². The highest BCUT2D eigenvalue weighted by Crippen LogP contribution is 2.36. The fraction of sp³-hybridized carbons (Fsp3) is 0.818. The topological polar surface area (TPSA) is 29.5 Å². The molecule has 0 aromatic rings. The second kappa shape index (κ2) is 5.10. The van der Waals surface area contributed by atoms with E-state index < -0.39 is 8.32 Å². The molecule has 0 rings (SSSR count). The minimum Gasteiger partial charge on any atom is -0.416 e. The van der Waals surface area contributed by atoms with Crippen molar-refractivity contribution in [2.75, 3.05) is 13.2 Å². The highest BCUT2D eigenvalue weighted by molar-refractivity contribution is 6.74. The molecule has 1 unspecified atom stereocenters. The van der Waals surface area contributed by atoms with Gasteiger partial charge in [-0.05, 0) is 18.1 Å². The Bertz CT molecular complexity index is 182. The van der Waals surface area contributed by atoms with Crippen LogP contribution in [0.15, 0.2) is 12.7 Å². The van der Waals surface area contributed by atoms with Gasteiger partial charge in [0.15, 0.2) is 8.32 Å². The third-order valence-corrected chi connectivity index (χ3v) is 7.53. The summed E-state index contributed by atoms with van der Waals surface area (Å²) in [6.45, 7) is 15.4. The second-order valence-corrected chi connectivity index (χ2v) is 10.1. The Hall–Kier alpha value is -0.123. The largest absolute Gasteiger partial charge is 0.416 e. The number of aliphatic hydroxyl groups excluding tert-OH is 1. The van der Waals surface area contributed by atoms with E-state index in [0.717, 1.165) is 0 Å². The molecular formula is C11H24O2Si. The molecule has 1 N–H and O–H groups in total. The van der Waals surface area contributed by atoms with Crippen LogP contribution >= 0.6 is 0 Å². The molecule has 0 radical (unpaired) electrons. The van der Waals surface area contributed by atoms with Crippen molar-refractivity contribution in [1.29, 1.82) is 0 Å². The summed E-state index contributed by atoms with van der Waals surface area (Å²) in [5.41, 5.74) is 0. The zero-order chi connectivity index (χ0) is 11.4. The summed E-state index contributed by atoms with van der Waals surface area (Å²) >= 11 is 0. The van der Waals surface area contributed by atoms with Gasteiger partial charge in [0, 0.05) is 12.5 Å². The molecule has 3 heteroatoms. The van der Waals surface area contributed by atoms with E-state index in [2.05, 4.69) is 40.4 Å². The van der Waals surface area contributed by atoms with Crippen LogP contribution in [0, 0.1) is 5.92 Å². The summed E-state index contributed by atoms with van der Waals surface area (Å²) in [4.78, 5) is 0. The van der Waals surface area contributed by atoms with E-state index in [9.17, 15) is 0 Å². The van der Waals surface area contributed by atoms with Gasteiger partial charge in [0.05, 0.1) is 6.61 Å². The Labute approximate surface area is 89.1 Å². The van der Waals surface area contributed by atoms with E-state index in [0.29, 0.717) is 6.61 Å². The average Bonchev–Trinajstić information content (AvgIpc) is 2.04. The van der Waals surface area contributed by atoms with E-state index in [1.165, 1.54) is 0 Å². The lowest BCUT2D eigenvalue weighted by Crippen LogP contribution is -2.42. The van der Waals surface area contributed by atoms with Crippen LogP contribution in [-0.4, -0.2) is 26.6 Å². The maximum Gasteiger partial charge on any atom is 0.192 e. The van der Waals surface area contributed by atoms with Gasteiger partial charge in [0.1, 0.15) is 0 Å². The first kappa shape index (κ1) is 13.9. The zero-order valence-corrected chi connectivity index (χ0v) is 11.1. The van der Waals surface area contributed by atoms with Gasteiger partial charge in [-0.2, -0.15) is 0 Å². The lowest BCUT2D eigenvalue weighted by atomic mass is 10.2. The van der Waals surface area contributed by atoms with Gasteiger partial charge >= 0.3 is 0 Å². The van der Waals surface area contributed by atoms with Crippen molar-refractivity contribution in [2.24, 2.45) is 5.92 Å². The van der Waals surface area contributed by atoms with Gasteiger partial charge in [0.25, 0.3) is 0 Å². The van der Waals surface area contributed by atoms with E-state index in [1.807, 2.05) is 0 Å². The number of rotatable bonds is 5. The molecule has 0 aliphatic heterocycles. The smallest absolute Gasteiger partial charge is 0.192 e. The predicted molar refractivity (Wildman–Crippen MR) is 63.9 cm³/mol. The first-order chi connectivity index (χ1) is 6.24. The summed E-state index contributed by atoms with van der Waals surface area (Å²) in [6.07, 6.45) is 1.76. The van der Waals surface area contributed by atoms with Crippen molar-refractivity contribution in [3.63, 3.8) is 0 Å². The van der Waals surface area contributed by atoms with Crippen molar-refractivity contribution < 1.29 is 9.53 Å². The molecule has 0 bridgehead atoms. The predicted octanol–water partition coefficient (Wildman–Crippen LogP) is 2.80. The Morgan fingerprint density at radius 1 is 1.43 bits per heavy atom. The van der Waals surface area contributed by atoms with Gasteiger partial charge in [0.2, 0.25) is 0 Å². The molecule has 0 saturated heterocycles. The highest BCUT2D eigenvalue weighted by atomic mass is 28.4. The Morgan fingerprint density at radius 3 is 2.21 bits per heavy atom. The maximum absolute atomic E-state index is 8.99. The third kappa shape index (κ3) is 3.94. The van der Waals surface area contributed by atoms with Crippen molar-refractivity contribution in [2.45, 2.75) is 38.9 Å². The Morgan fingerprint density at radius 2 is 1.93 bits per heavy atom. The fourth-order valence-corrected chi connectivity index (χ4v) is 1.79. The summed E-state index contributed by atoms with van der Waals surface area (Å²) in [5, 5.41) is 9.22. The minimum absolute atomic E-state index is 0.0733. The van der Waals surface area contributed by atoms with Crippen LogP contribution < -0.4 is 0 Å². The number of aliphatic hydroxyl groups is 1. The maximum atomic E-state index is 8.99.